The van der Waals surface area contributed by atoms with Crippen molar-refractivity contribution in [3.8, 4) is 0 Å². The van der Waals surface area contributed by atoms with Crippen LogP contribution < -0.4 is 0 Å². The molecule has 1 nitrogen and oxygen atoms in total. The standard InChI is InChI=1S/C9H7ClF2O/c10-7(5-13)3-6-1-2-8(11)9(12)4-6/h1-2,4-5,7H,3H2. The molecule has 0 aliphatic heterocycles. The number of hydrogen-bond acceptors (Lipinski definition) is 1. The van der Waals surface area contributed by atoms with Crippen LogP contribution in [0, 0.1) is 11.6 Å². The van der Waals surface area contributed by atoms with Gasteiger partial charge in [0.25, 0.3) is 0 Å². The highest BCUT2D eigenvalue weighted by Crippen LogP contribution is 2.11. The zero-order valence-electron chi connectivity index (χ0n) is 6.64. The number of hydrogen-bond donors (Lipinski definition) is 0. The van der Waals surface area contributed by atoms with E-state index in [0.717, 1.165) is 12.1 Å². The maximum absolute atomic E-state index is 12.6. The summed E-state index contributed by atoms with van der Waals surface area (Å²) in [5.41, 5.74) is 0.506. The number of halogens is 3. The van der Waals surface area contributed by atoms with Crippen molar-refractivity contribution in [2.24, 2.45) is 0 Å². The smallest absolute Gasteiger partial charge is 0.159 e. The van der Waals surface area contributed by atoms with Crippen LogP contribution >= 0.6 is 11.6 Å². The van der Waals surface area contributed by atoms with Crippen LogP contribution in [-0.4, -0.2) is 11.7 Å². The predicted octanol–water partition coefficient (Wildman–Crippen LogP) is 2.31. The summed E-state index contributed by atoms with van der Waals surface area (Å²) < 4.78 is 25.1. The van der Waals surface area contributed by atoms with Gasteiger partial charge in [-0.1, -0.05) is 6.07 Å². The quantitative estimate of drug-likeness (QED) is 0.546. The Hall–Kier alpha value is -0.960. The SMILES string of the molecule is O=CC(Cl)Cc1ccc(F)c(F)c1. The molecule has 70 valence electrons. The lowest BCUT2D eigenvalue weighted by atomic mass is 10.1. The van der Waals surface area contributed by atoms with Gasteiger partial charge in [-0.2, -0.15) is 0 Å². The van der Waals surface area contributed by atoms with Gasteiger partial charge in [0.2, 0.25) is 0 Å². The molecule has 0 spiro atoms. The highest BCUT2D eigenvalue weighted by molar-refractivity contribution is 6.27. The molecule has 0 fully saturated rings. The number of alkyl halides is 1. The normalized spacial score (nSPS) is 12.5. The minimum Gasteiger partial charge on any atom is -0.302 e. The van der Waals surface area contributed by atoms with Crippen LogP contribution in [0.2, 0.25) is 0 Å². The minimum absolute atomic E-state index is 0.211. The Morgan fingerprint density at radius 1 is 1.38 bits per heavy atom. The Balaban J connectivity index is 2.79. The van der Waals surface area contributed by atoms with Crippen molar-refractivity contribution >= 4 is 17.9 Å². The molecule has 4 heteroatoms. The molecule has 1 aromatic carbocycles. The molecule has 1 aromatic rings. The van der Waals surface area contributed by atoms with Gasteiger partial charge >= 0.3 is 0 Å². The average Bonchev–Trinajstić information content (AvgIpc) is 2.11. The highest BCUT2D eigenvalue weighted by atomic mass is 35.5. The molecular weight excluding hydrogens is 198 g/mol. The Morgan fingerprint density at radius 3 is 2.62 bits per heavy atom. The van der Waals surface area contributed by atoms with Gasteiger partial charge in [0.1, 0.15) is 6.29 Å². The van der Waals surface area contributed by atoms with Gasteiger partial charge in [0, 0.05) is 0 Å². The van der Waals surface area contributed by atoms with Gasteiger partial charge in [-0.25, -0.2) is 8.78 Å². The second kappa shape index (κ2) is 4.33. The molecule has 13 heavy (non-hydrogen) atoms. The van der Waals surface area contributed by atoms with E-state index in [9.17, 15) is 13.6 Å². The number of rotatable bonds is 3. The predicted molar refractivity (Wildman–Crippen MR) is 45.8 cm³/mol. The molecule has 0 heterocycles. The van der Waals surface area contributed by atoms with E-state index in [0.29, 0.717) is 11.8 Å². The van der Waals surface area contributed by atoms with Crippen molar-refractivity contribution in [3.63, 3.8) is 0 Å². The van der Waals surface area contributed by atoms with Gasteiger partial charge in [-0.05, 0) is 24.1 Å². The third kappa shape index (κ3) is 2.77. The van der Waals surface area contributed by atoms with Gasteiger partial charge in [0.15, 0.2) is 11.6 Å². The second-order valence-corrected chi connectivity index (χ2v) is 3.17. The fourth-order valence-corrected chi connectivity index (χ4v) is 1.12. The van der Waals surface area contributed by atoms with Crippen molar-refractivity contribution in [2.75, 3.05) is 0 Å². The van der Waals surface area contributed by atoms with E-state index in [1.54, 1.807) is 0 Å². The Kier molecular flexibility index (Phi) is 3.37. The summed E-state index contributed by atoms with van der Waals surface area (Å²) in [4.78, 5) is 10.2. The summed E-state index contributed by atoms with van der Waals surface area (Å²) in [6, 6.07) is 3.45. The summed E-state index contributed by atoms with van der Waals surface area (Å²) in [7, 11) is 0. The lowest BCUT2D eigenvalue weighted by Gasteiger charge is -2.02. The Morgan fingerprint density at radius 2 is 2.08 bits per heavy atom. The first kappa shape index (κ1) is 10.1. The average molecular weight is 205 g/mol. The highest BCUT2D eigenvalue weighted by Gasteiger charge is 2.07. The number of carbonyl (C=O) groups is 1. The summed E-state index contributed by atoms with van der Waals surface area (Å²) in [5, 5.41) is -0.690. The first-order valence-electron chi connectivity index (χ1n) is 3.67. The molecule has 0 saturated carbocycles. The van der Waals surface area contributed by atoms with Crippen molar-refractivity contribution in [3.05, 3.63) is 35.4 Å². The van der Waals surface area contributed by atoms with E-state index >= 15 is 0 Å². The molecular formula is C9H7ClF2O. The Labute approximate surface area is 79.3 Å². The molecule has 0 N–H and O–H groups in total. The number of aldehydes is 1. The van der Waals surface area contributed by atoms with Crippen LogP contribution in [0.1, 0.15) is 5.56 Å². The van der Waals surface area contributed by atoms with Crippen LogP contribution in [0.15, 0.2) is 18.2 Å². The first-order valence-corrected chi connectivity index (χ1v) is 4.10. The molecule has 1 atom stereocenters. The number of benzene rings is 1. The van der Waals surface area contributed by atoms with E-state index in [2.05, 4.69) is 0 Å². The van der Waals surface area contributed by atoms with Crippen LogP contribution in [0.5, 0.6) is 0 Å². The monoisotopic (exact) mass is 204 g/mol. The molecule has 0 radical (unpaired) electrons. The molecule has 0 amide bonds. The summed E-state index contributed by atoms with van der Waals surface area (Å²) >= 11 is 5.51. The van der Waals surface area contributed by atoms with Gasteiger partial charge in [-0.3, -0.25) is 0 Å². The molecule has 0 aliphatic rings. The van der Waals surface area contributed by atoms with E-state index in [4.69, 9.17) is 11.6 Å². The largest absolute Gasteiger partial charge is 0.302 e. The lowest BCUT2D eigenvalue weighted by molar-refractivity contribution is -0.107. The maximum atomic E-state index is 12.6. The zero-order valence-corrected chi connectivity index (χ0v) is 7.39. The van der Waals surface area contributed by atoms with Gasteiger partial charge in [-0.15, -0.1) is 11.6 Å². The summed E-state index contributed by atoms with van der Waals surface area (Å²) in [5.74, 6) is -1.83. The summed E-state index contributed by atoms with van der Waals surface area (Å²) in [6.07, 6.45) is 0.769. The van der Waals surface area contributed by atoms with Crippen LogP contribution in [0.25, 0.3) is 0 Å². The van der Waals surface area contributed by atoms with Crippen molar-refractivity contribution in [1.29, 1.82) is 0 Å². The van der Waals surface area contributed by atoms with Crippen LogP contribution in [0.3, 0.4) is 0 Å². The lowest BCUT2D eigenvalue weighted by Crippen LogP contribution is -2.04. The van der Waals surface area contributed by atoms with E-state index in [-0.39, 0.29) is 6.42 Å². The van der Waals surface area contributed by atoms with E-state index in [1.165, 1.54) is 6.07 Å². The van der Waals surface area contributed by atoms with Gasteiger partial charge < -0.3 is 4.79 Å². The van der Waals surface area contributed by atoms with E-state index < -0.39 is 17.0 Å². The fourth-order valence-electron chi connectivity index (χ4n) is 0.940. The van der Waals surface area contributed by atoms with Crippen LogP contribution in [0.4, 0.5) is 8.78 Å². The first-order chi connectivity index (χ1) is 6.13. The van der Waals surface area contributed by atoms with Crippen molar-refractivity contribution < 1.29 is 13.6 Å². The third-order valence-corrected chi connectivity index (χ3v) is 1.82. The molecule has 0 saturated heterocycles. The van der Waals surface area contributed by atoms with Crippen molar-refractivity contribution in [2.45, 2.75) is 11.8 Å². The molecule has 1 rings (SSSR count). The third-order valence-electron chi connectivity index (χ3n) is 1.56. The van der Waals surface area contributed by atoms with Gasteiger partial charge in [0.05, 0.1) is 5.38 Å². The molecule has 1 unspecified atom stereocenters. The van der Waals surface area contributed by atoms with Crippen molar-refractivity contribution in [1.82, 2.24) is 0 Å². The number of carbonyl (C=O) groups excluding carboxylic acids is 1. The Bertz CT molecular complexity index is 314. The van der Waals surface area contributed by atoms with Crippen LogP contribution in [-0.2, 0) is 11.2 Å². The summed E-state index contributed by atoms with van der Waals surface area (Å²) in [6.45, 7) is 0. The molecule has 0 aliphatic carbocycles. The topological polar surface area (TPSA) is 17.1 Å². The maximum Gasteiger partial charge on any atom is 0.159 e. The van der Waals surface area contributed by atoms with E-state index in [1.807, 2.05) is 0 Å². The minimum atomic E-state index is -0.924. The molecule has 0 aromatic heterocycles. The fraction of sp³-hybridized carbons (Fsp3) is 0.222. The zero-order chi connectivity index (χ0) is 9.84. The molecule has 0 bridgehead atoms. The second-order valence-electron chi connectivity index (χ2n) is 2.60.